The molecule has 0 bridgehead atoms. The number of aryl methyl sites for hydroxylation is 3. The summed E-state index contributed by atoms with van der Waals surface area (Å²) in [5, 5.41) is 2.79. The van der Waals surface area contributed by atoms with Gasteiger partial charge in [-0.3, -0.25) is 4.79 Å². The van der Waals surface area contributed by atoms with Gasteiger partial charge >= 0.3 is 5.97 Å². The number of carbonyl (C=O) groups excluding carboxylic acids is 2. The number of esters is 1. The van der Waals surface area contributed by atoms with Crippen molar-refractivity contribution in [3.8, 4) is 5.75 Å². The summed E-state index contributed by atoms with van der Waals surface area (Å²) >= 11 is 0. The molecule has 2 aromatic rings. The molecule has 144 valence electrons. The largest absolute Gasteiger partial charge is 0.481 e. The summed E-state index contributed by atoms with van der Waals surface area (Å²) in [5.74, 6) is -0.00730. The second kappa shape index (κ2) is 9.21. The molecule has 0 aromatic heterocycles. The third kappa shape index (κ3) is 5.84. The van der Waals surface area contributed by atoms with Crippen LogP contribution in [-0.2, 0) is 14.3 Å². The number of ether oxygens (including phenoxy) is 2. The highest BCUT2D eigenvalue weighted by molar-refractivity contribution is 5.93. The third-order valence-electron chi connectivity index (χ3n) is 4.16. The van der Waals surface area contributed by atoms with Gasteiger partial charge in [0, 0.05) is 5.69 Å². The van der Waals surface area contributed by atoms with Crippen molar-refractivity contribution in [2.45, 2.75) is 40.5 Å². The second-order valence-electron chi connectivity index (χ2n) is 6.97. The molecule has 0 saturated heterocycles. The Morgan fingerprint density at radius 3 is 2.26 bits per heavy atom. The zero-order chi connectivity index (χ0) is 20.0. The number of rotatable bonds is 7. The first-order chi connectivity index (χ1) is 12.8. The van der Waals surface area contributed by atoms with Crippen LogP contribution in [0.3, 0.4) is 0 Å². The van der Waals surface area contributed by atoms with E-state index in [0.29, 0.717) is 5.75 Å². The van der Waals surface area contributed by atoms with E-state index in [2.05, 4.69) is 19.2 Å². The molecule has 0 atom stereocenters. The van der Waals surface area contributed by atoms with E-state index in [1.54, 1.807) is 0 Å². The van der Waals surface area contributed by atoms with Crippen molar-refractivity contribution in [1.82, 2.24) is 0 Å². The number of para-hydroxylation sites is 1. The topological polar surface area (TPSA) is 64.6 Å². The number of hydrogen-bond acceptors (Lipinski definition) is 4. The summed E-state index contributed by atoms with van der Waals surface area (Å²) < 4.78 is 10.6. The summed E-state index contributed by atoms with van der Waals surface area (Å²) in [7, 11) is 0. The molecule has 1 N–H and O–H groups in total. The van der Waals surface area contributed by atoms with Crippen LogP contribution in [0.25, 0.3) is 0 Å². The van der Waals surface area contributed by atoms with Gasteiger partial charge in [0.25, 0.3) is 5.91 Å². The van der Waals surface area contributed by atoms with Crippen LogP contribution in [0.15, 0.2) is 36.4 Å². The molecule has 0 aliphatic heterocycles. The van der Waals surface area contributed by atoms with Crippen LogP contribution in [0.1, 0.15) is 42.0 Å². The third-order valence-corrected chi connectivity index (χ3v) is 4.16. The van der Waals surface area contributed by atoms with E-state index < -0.39 is 5.97 Å². The SMILES string of the molecule is Cc1cc(C)c(OCC(=O)OCC(=O)Nc2ccccc2C(C)C)c(C)c1. The smallest absolute Gasteiger partial charge is 0.344 e. The fourth-order valence-corrected chi connectivity index (χ4v) is 3.01. The van der Waals surface area contributed by atoms with E-state index >= 15 is 0 Å². The van der Waals surface area contributed by atoms with Crippen molar-refractivity contribution in [3.63, 3.8) is 0 Å². The standard InChI is InChI=1S/C22H27NO4/c1-14(2)18-8-6-7-9-19(18)23-20(24)12-26-21(25)13-27-22-16(4)10-15(3)11-17(22)5/h6-11,14H,12-13H2,1-5H3,(H,23,24). The first kappa shape index (κ1) is 20.5. The molecule has 0 aliphatic carbocycles. The first-order valence-corrected chi connectivity index (χ1v) is 9.03. The molecule has 2 rings (SSSR count). The fourth-order valence-electron chi connectivity index (χ4n) is 3.01. The molecule has 0 fully saturated rings. The van der Waals surface area contributed by atoms with Gasteiger partial charge in [0.2, 0.25) is 0 Å². The van der Waals surface area contributed by atoms with Crippen molar-refractivity contribution in [2.24, 2.45) is 0 Å². The monoisotopic (exact) mass is 369 g/mol. The van der Waals surface area contributed by atoms with Crippen LogP contribution in [0.2, 0.25) is 0 Å². The lowest BCUT2D eigenvalue weighted by Gasteiger charge is -2.14. The maximum atomic E-state index is 12.1. The lowest BCUT2D eigenvalue weighted by atomic mass is 10.0. The molecule has 0 heterocycles. The number of nitrogens with one attached hydrogen (secondary N) is 1. The lowest BCUT2D eigenvalue weighted by Crippen LogP contribution is -2.24. The zero-order valence-electron chi connectivity index (χ0n) is 16.6. The quantitative estimate of drug-likeness (QED) is 0.739. The van der Waals surface area contributed by atoms with Crippen molar-refractivity contribution >= 4 is 17.6 Å². The fraction of sp³-hybridized carbons (Fsp3) is 0.364. The van der Waals surface area contributed by atoms with E-state index in [1.165, 1.54) is 0 Å². The average Bonchev–Trinajstić information content (AvgIpc) is 2.59. The Bertz CT molecular complexity index is 804. The van der Waals surface area contributed by atoms with Crippen LogP contribution in [0, 0.1) is 20.8 Å². The Morgan fingerprint density at radius 1 is 1.00 bits per heavy atom. The highest BCUT2D eigenvalue weighted by Crippen LogP contribution is 2.25. The Kier molecular flexibility index (Phi) is 6.99. The Morgan fingerprint density at radius 2 is 1.63 bits per heavy atom. The molecule has 0 spiro atoms. The molecule has 2 aromatic carbocycles. The number of carbonyl (C=O) groups is 2. The number of amides is 1. The minimum Gasteiger partial charge on any atom is -0.481 e. The van der Waals surface area contributed by atoms with Gasteiger partial charge in [-0.05, 0) is 49.4 Å². The highest BCUT2D eigenvalue weighted by Gasteiger charge is 2.13. The number of hydrogen-bond donors (Lipinski definition) is 1. The highest BCUT2D eigenvalue weighted by atomic mass is 16.6. The molecule has 0 aliphatic rings. The van der Waals surface area contributed by atoms with Gasteiger partial charge in [-0.2, -0.15) is 0 Å². The summed E-state index contributed by atoms with van der Waals surface area (Å²) in [6.45, 7) is 9.39. The summed E-state index contributed by atoms with van der Waals surface area (Å²) in [6, 6.07) is 11.6. The van der Waals surface area contributed by atoms with Crippen LogP contribution in [0.4, 0.5) is 5.69 Å². The van der Waals surface area contributed by atoms with Crippen molar-refractivity contribution < 1.29 is 19.1 Å². The van der Waals surface area contributed by atoms with Gasteiger partial charge < -0.3 is 14.8 Å². The molecule has 27 heavy (non-hydrogen) atoms. The van der Waals surface area contributed by atoms with Gasteiger partial charge in [0.15, 0.2) is 13.2 Å². The molecule has 0 saturated carbocycles. The number of anilines is 1. The first-order valence-electron chi connectivity index (χ1n) is 9.03. The van der Waals surface area contributed by atoms with Gasteiger partial charge in [-0.15, -0.1) is 0 Å². The van der Waals surface area contributed by atoms with Crippen LogP contribution < -0.4 is 10.1 Å². The molecule has 0 radical (unpaired) electrons. The summed E-state index contributed by atoms with van der Waals surface area (Å²) in [5.41, 5.74) is 4.83. The van der Waals surface area contributed by atoms with E-state index in [0.717, 1.165) is 27.9 Å². The molecule has 5 heteroatoms. The summed E-state index contributed by atoms with van der Waals surface area (Å²) in [4.78, 5) is 24.0. The van der Waals surface area contributed by atoms with E-state index in [9.17, 15) is 9.59 Å². The van der Waals surface area contributed by atoms with E-state index in [1.807, 2.05) is 57.2 Å². The molecule has 5 nitrogen and oxygen atoms in total. The minimum absolute atomic E-state index is 0.236. The molecule has 0 unspecified atom stereocenters. The van der Waals surface area contributed by atoms with Crippen LogP contribution >= 0.6 is 0 Å². The Hall–Kier alpha value is -2.82. The zero-order valence-corrected chi connectivity index (χ0v) is 16.6. The van der Waals surface area contributed by atoms with Crippen molar-refractivity contribution in [2.75, 3.05) is 18.5 Å². The van der Waals surface area contributed by atoms with Gasteiger partial charge in [-0.25, -0.2) is 4.79 Å². The van der Waals surface area contributed by atoms with Gasteiger partial charge in [0.1, 0.15) is 5.75 Å². The normalized spacial score (nSPS) is 10.6. The predicted molar refractivity (Wildman–Crippen MR) is 106 cm³/mol. The van der Waals surface area contributed by atoms with Crippen molar-refractivity contribution in [1.29, 1.82) is 0 Å². The molecular formula is C22H27NO4. The van der Waals surface area contributed by atoms with E-state index in [-0.39, 0.29) is 25.0 Å². The minimum atomic E-state index is -0.582. The van der Waals surface area contributed by atoms with Gasteiger partial charge in [0.05, 0.1) is 0 Å². The Balaban J connectivity index is 1.85. The van der Waals surface area contributed by atoms with Crippen LogP contribution in [-0.4, -0.2) is 25.1 Å². The van der Waals surface area contributed by atoms with Crippen LogP contribution in [0.5, 0.6) is 5.75 Å². The maximum Gasteiger partial charge on any atom is 0.344 e. The molecular weight excluding hydrogens is 342 g/mol. The number of benzene rings is 2. The summed E-state index contributed by atoms with van der Waals surface area (Å²) in [6.07, 6.45) is 0. The maximum absolute atomic E-state index is 12.1. The van der Waals surface area contributed by atoms with Crippen molar-refractivity contribution in [3.05, 3.63) is 58.7 Å². The second-order valence-corrected chi connectivity index (χ2v) is 6.97. The predicted octanol–water partition coefficient (Wildman–Crippen LogP) is 4.30. The lowest BCUT2D eigenvalue weighted by molar-refractivity contribution is -0.149. The van der Waals surface area contributed by atoms with E-state index in [4.69, 9.17) is 9.47 Å². The molecule has 1 amide bonds. The van der Waals surface area contributed by atoms with Gasteiger partial charge in [-0.1, -0.05) is 49.7 Å². The average molecular weight is 369 g/mol. The Labute approximate surface area is 160 Å².